The van der Waals surface area contributed by atoms with E-state index < -0.39 is 7.81 Å². The van der Waals surface area contributed by atoms with Gasteiger partial charge in [0.2, 0.25) is 0 Å². The van der Waals surface area contributed by atoms with Crippen LogP contribution in [0.4, 0.5) is 25.2 Å². The first kappa shape index (κ1) is 22.0. The van der Waals surface area contributed by atoms with Gasteiger partial charge < -0.3 is 4.48 Å². The molecule has 138 valence electrons. The monoisotopic (exact) mass is 357 g/mol. The first-order valence-corrected chi connectivity index (χ1v) is 10.1. The Balaban J connectivity index is 0.000000534. The van der Waals surface area contributed by atoms with Gasteiger partial charge in [0, 0.05) is 0 Å². The number of nitrogens with zero attached hydrogens (tertiary/aromatic N) is 1. The summed E-state index contributed by atoms with van der Waals surface area (Å²) in [5.74, 6) is 0. The van der Waals surface area contributed by atoms with Crippen LogP contribution in [-0.2, 0) is 0 Å². The summed E-state index contributed by atoms with van der Waals surface area (Å²) < 4.78 is 60.6. The number of hydrogen-bond acceptors (Lipinski definition) is 0. The van der Waals surface area contributed by atoms with Crippen LogP contribution in [-0.4, -0.2) is 31.2 Å². The van der Waals surface area contributed by atoms with Crippen molar-refractivity contribution in [3.63, 3.8) is 0 Å². The summed E-state index contributed by atoms with van der Waals surface area (Å²) in [7, 11) is -8.19. The zero-order valence-corrected chi connectivity index (χ0v) is 14.5. The Bertz CT molecular complexity index is 296. The van der Waals surface area contributed by atoms with E-state index in [1.807, 2.05) is 0 Å². The molecule has 1 nitrogen and oxygen atoms in total. The van der Waals surface area contributed by atoms with Crippen LogP contribution < -0.4 is 0 Å². The summed E-state index contributed by atoms with van der Waals surface area (Å²) >= 11 is 0. The predicted octanol–water partition coefficient (Wildman–Crippen LogP) is 7.36. The van der Waals surface area contributed by atoms with Gasteiger partial charge in [-0.2, -0.15) is 0 Å². The number of rotatable bonds is 7. The second-order valence-electron chi connectivity index (χ2n) is 6.58. The number of unbranched alkanes of at least 4 members (excludes halogenated alkanes) is 5. The summed E-state index contributed by atoms with van der Waals surface area (Å²) in [6.07, 6.45) is 13.1. The minimum atomic E-state index is -10.7. The van der Waals surface area contributed by atoms with Crippen molar-refractivity contribution < 1.29 is 29.7 Å². The first-order valence-electron chi connectivity index (χ1n) is 8.12. The third-order valence-electron chi connectivity index (χ3n) is 3.95. The average molecular weight is 357 g/mol. The van der Waals surface area contributed by atoms with E-state index in [2.05, 4.69) is 14.0 Å². The second kappa shape index (κ2) is 7.69. The fraction of sp³-hybridized carbons (Fsp3) is 1.00. The number of hydrogen-bond donors (Lipinski definition) is 0. The van der Waals surface area contributed by atoms with Crippen molar-refractivity contribution in [1.29, 1.82) is 0 Å². The van der Waals surface area contributed by atoms with E-state index in [9.17, 15) is 25.2 Å². The van der Waals surface area contributed by atoms with E-state index in [-0.39, 0.29) is 0 Å². The fourth-order valence-electron chi connectivity index (χ4n) is 2.77. The summed E-state index contributed by atoms with van der Waals surface area (Å²) in [6, 6.07) is 0. The van der Waals surface area contributed by atoms with Crippen LogP contribution >= 0.6 is 7.81 Å². The molecule has 0 amide bonds. The van der Waals surface area contributed by atoms with Crippen LogP contribution in [0.3, 0.4) is 0 Å². The third kappa shape index (κ3) is 20.0. The summed E-state index contributed by atoms with van der Waals surface area (Å²) in [5, 5.41) is 0. The van der Waals surface area contributed by atoms with E-state index >= 15 is 0 Å². The molecule has 0 aromatic rings. The Kier molecular flexibility index (Phi) is 7.68. The molecule has 1 aliphatic rings. The molecule has 1 saturated heterocycles. The minimum absolute atomic E-state index is 1.37. The van der Waals surface area contributed by atoms with Crippen molar-refractivity contribution in [2.45, 2.75) is 64.7 Å². The summed E-state index contributed by atoms with van der Waals surface area (Å²) in [4.78, 5) is 0. The molecule has 0 spiro atoms. The second-order valence-corrected chi connectivity index (χ2v) is 8.49. The van der Waals surface area contributed by atoms with Crippen molar-refractivity contribution in [2.24, 2.45) is 0 Å². The van der Waals surface area contributed by atoms with E-state index in [1.54, 1.807) is 0 Å². The van der Waals surface area contributed by atoms with Gasteiger partial charge >= 0.3 is 33.0 Å². The topological polar surface area (TPSA) is 0 Å². The molecule has 0 aromatic heterocycles. The Labute approximate surface area is 129 Å². The van der Waals surface area contributed by atoms with E-state index in [4.69, 9.17) is 0 Å². The third-order valence-corrected chi connectivity index (χ3v) is 3.95. The Morgan fingerprint density at radius 2 is 1.14 bits per heavy atom. The van der Waals surface area contributed by atoms with Gasteiger partial charge in [-0.1, -0.05) is 32.6 Å². The summed E-state index contributed by atoms with van der Waals surface area (Å²) in [5.41, 5.74) is 0. The molecule has 1 heterocycles. The van der Waals surface area contributed by atoms with Crippen molar-refractivity contribution in [2.75, 3.05) is 26.7 Å². The molecule has 0 N–H and O–H groups in total. The molecule has 0 atom stereocenters. The summed E-state index contributed by atoms with van der Waals surface area (Å²) in [6.45, 7) is 6.61. The number of quaternary nitrogens is 1. The molecule has 1 aliphatic heterocycles. The Morgan fingerprint density at radius 3 is 1.59 bits per heavy atom. The van der Waals surface area contributed by atoms with Gasteiger partial charge in [-0.15, -0.1) is 0 Å². The molecule has 0 saturated carbocycles. The molecule has 0 aromatic carbocycles. The van der Waals surface area contributed by atoms with Crippen LogP contribution in [0.2, 0.25) is 0 Å². The molecule has 0 unspecified atom stereocenters. The standard InChI is InChI=1S/C14H30N.F6P/c1-3-4-5-6-7-9-12-15(2)13-10-8-11-14-15;1-7(2,3,4,5)6/h3-14H2,1-2H3;/q+1;-1. The van der Waals surface area contributed by atoms with Crippen LogP contribution in [0.1, 0.15) is 64.7 Å². The van der Waals surface area contributed by atoms with Crippen molar-refractivity contribution in [3.05, 3.63) is 0 Å². The van der Waals surface area contributed by atoms with Crippen molar-refractivity contribution in [1.82, 2.24) is 0 Å². The van der Waals surface area contributed by atoms with Gasteiger partial charge in [0.25, 0.3) is 0 Å². The van der Waals surface area contributed by atoms with E-state index in [1.165, 1.54) is 81.9 Å². The van der Waals surface area contributed by atoms with Gasteiger partial charge in [-0.25, -0.2) is 0 Å². The maximum atomic E-state index is 9.87. The van der Waals surface area contributed by atoms with E-state index in [0.29, 0.717) is 0 Å². The quantitative estimate of drug-likeness (QED) is 0.193. The van der Waals surface area contributed by atoms with Crippen LogP contribution in [0, 0.1) is 0 Å². The number of halogens is 6. The first-order chi connectivity index (χ1) is 9.72. The molecule has 0 radical (unpaired) electrons. The molecule has 1 rings (SSSR count). The Hall–Kier alpha value is -0.0300. The molecule has 8 heteroatoms. The van der Waals surface area contributed by atoms with E-state index in [0.717, 1.165) is 0 Å². The predicted molar refractivity (Wildman–Crippen MR) is 81.6 cm³/mol. The zero-order valence-electron chi connectivity index (χ0n) is 13.6. The maximum absolute atomic E-state index is 10.7. The van der Waals surface area contributed by atoms with Crippen molar-refractivity contribution in [3.8, 4) is 0 Å². The normalized spacial score (nSPS) is 21.3. The average Bonchev–Trinajstić information content (AvgIpc) is 2.30. The number of likely N-dealkylation sites (tertiary alicyclic amines) is 1. The molecule has 0 aliphatic carbocycles. The molecular formula is C14H30F6NP. The number of piperidine rings is 1. The van der Waals surface area contributed by atoms with Crippen LogP contribution in [0.15, 0.2) is 0 Å². The molecule has 1 fully saturated rings. The zero-order chi connectivity index (χ0) is 17.4. The Morgan fingerprint density at radius 1 is 0.727 bits per heavy atom. The molecule has 0 bridgehead atoms. The van der Waals surface area contributed by atoms with Crippen LogP contribution in [0.5, 0.6) is 0 Å². The van der Waals surface area contributed by atoms with Crippen LogP contribution in [0.25, 0.3) is 0 Å². The fourth-order valence-corrected chi connectivity index (χ4v) is 2.77. The van der Waals surface area contributed by atoms with Gasteiger partial charge in [0.1, 0.15) is 0 Å². The van der Waals surface area contributed by atoms with Crippen molar-refractivity contribution >= 4 is 7.81 Å². The van der Waals surface area contributed by atoms with Gasteiger partial charge in [0.05, 0.1) is 26.7 Å². The van der Waals surface area contributed by atoms with Gasteiger partial charge in [0.15, 0.2) is 0 Å². The van der Waals surface area contributed by atoms with Gasteiger partial charge in [-0.3, -0.25) is 0 Å². The van der Waals surface area contributed by atoms with Gasteiger partial charge in [-0.05, 0) is 32.1 Å². The molecule has 22 heavy (non-hydrogen) atoms. The molecular weight excluding hydrogens is 327 g/mol. The SMILES string of the molecule is CCCCCCCC[N+]1(C)CCCCC1.F[P-](F)(F)(F)(F)F.